The van der Waals surface area contributed by atoms with Gasteiger partial charge in [0, 0.05) is 10.5 Å². The van der Waals surface area contributed by atoms with Crippen molar-refractivity contribution >= 4 is 31.9 Å². The number of rotatable bonds is 6. The molecule has 0 radical (unpaired) electrons. The molecule has 0 bridgehead atoms. The number of carbonyl (C=O) groups excluding carboxylic acids is 1. The second kappa shape index (κ2) is 6.41. The fourth-order valence-electron chi connectivity index (χ4n) is 1.92. The van der Waals surface area contributed by atoms with Gasteiger partial charge in [0.15, 0.2) is 0 Å². The van der Waals surface area contributed by atoms with Gasteiger partial charge in [-0.05, 0) is 38.0 Å². The Bertz CT molecular complexity index is 646. The number of ether oxygens (including phenoxy) is 1. The number of sulfonamides is 1. The van der Waals surface area contributed by atoms with E-state index in [1.807, 2.05) is 0 Å². The van der Waals surface area contributed by atoms with Crippen molar-refractivity contribution in [3.8, 4) is 0 Å². The maximum atomic E-state index is 13.9. The first-order valence-electron chi connectivity index (χ1n) is 6.48. The maximum absolute atomic E-state index is 13.9. The number of benzene rings is 1. The van der Waals surface area contributed by atoms with Crippen LogP contribution in [-0.2, 0) is 19.6 Å². The van der Waals surface area contributed by atoms with Gasteiger partial charge in [-0.15, -0.1) is 0 Å². The molecule has 1 aromatic rings. The van der Waals surface area contributed by atoms with Gasteiger partial charge in [0.1, 0.15) is 17.3 Å². The fraction of sp³-hybridized carbons (Fsp3) is 0.462. The molecule has 0 heterocycles. The van der Waals surface area contributed by atoms with Crippen LogP contribution in [0.15, 0.2) is 27.6 Å². The van der Waals surface area contributed by atoms with Crippen LogP contribution in [0.25, 0.3) is 0 Å². The Kier molecular flexibility index (Phi) is 5.00. The molecular weight excluding hydrogens is 365 g/mol. The standard InChI is InChI=1S/C13H15BrFNO4S/c1-2-20-13(17)8-16(10-4-5-10)21(18,19)12-6-3-9(14)7-11(12)15/h3,6-7,10H,2,4-5,8H2,1H3. The van der Waals surface area contributed by atoms with E-state index in [0.29, 0.717) is 17.3 Å². The molecule has 0 N–H and O–H groups in total. The molecule has 0 aliphatic heterocycles. The zero-order valence-corrected chi connectivity index (χ0v) is 13.8. The molecule has 1 saturated carbocycles. The minimum Gasteiger partial charge on any atom is -0.465 e. The predicted octanol–water partition coefficient (Wildman–Crippen LogP) is 2.30. The molecule has 1 aliphatic carbocycles. The van der Waals surface area contributed by atoms with Crippen LogP contribution in [0.1, 0.15) is 19.8 Å². The summed E-state index contributed by atoms with van der Waals surface area (Å²) < 4.78 is 45.3. The number of carbonyl (C=O) groups is 1. The van der Waals surface area contributed by atoms with Gasteiger partial charge in [-0.3, -0.25) is 4.79 Å². The van der Waals surface area contributed by atoms with E-state index in [9.17, 15) is 17.6 Å². The third-order valence-electron chi connectivity index (χ3n) is 3.02. The second-order valence-corrected chi connectivity index (χ2v) is 7.44. The normalized spacial score (nSPS) is 15.2. The lowest BCUT2D eigenvalue weighted by atomic mass is 10.3. The van der Waals surface area contributed by atoms with Gasteiger partial charge in [0.2, 0.25) is 10.0 Å². The monoisotopic (exact) mass is 379 g/mol. The fourth-order valence-corrected chi connectivity index (χ4v) is 3.93. The average molecular weight is 380 g/mol. The van der Waals surface area contributed by atoms with Crippen LogP contribution in [0.3, 0.4) is 0 Å². The van der Waals surface area contributed by atoms with E-state index in [2.05, 4.69) is 15.9 Å². The molecule has 0 atom stereocenters. The molecule has 1 aliphatic rings. The number of nitrogens with zero attached hydrogens (tertiary/aromatic N) is 1. The first-order chi connectivity index (χ1) is 9.86. The van der Waals surface area contributed by atoms with Gasteiger partial charge in [0.05, 0.1) is 6.61 Å². The summed E-state index contributed by atoms with van der Waals surface area (Å²) in [6.07, 6.45) is 1.33. The SMILES string of the molecule is CCOC(=O)CN(C1CC1)S(=O)(=O)c1ccc(Br)cc1F. The minimum atomic E-state index is -4.06. The van der Waals surface area contributed by atoms with E-state index in [4.69, 9.17) is 4.74 Å². The minimum absolute atomic E-state index is 0.171. The lowest BCUT2D eigenvalue weighted by Crippen LogP contribution is -2.38. The first-order valence-corrected chi connectivity index (χ1v) is 8.72. The lowest BCUT2D eigenvalue weighted by molar-refractivity contribution is -0.143. The summed E-state index contributed by atoms with van der Waals surface area (Å²) in [6, 6.07) is 3.46. The molecule has 0 saturated heterocycles. The zero-order chi connectivity index (χ0) is 15.6. The Morgan fingerprint density at radius 2 is 2.14 bits per heavy atom. The summed E-state index contributed by atoms with van der Waals surface area (Å²) in [5.41, 5.74) is 0. The van der Waals surface area contributed by atoms with E-state index in [1.54, 1.807) is 6.92 Å². The Morgan fingerprint density at radius 1 is 1.48 bits per heavy atom. The molecule has 8 heteroatoms. The molecule has 0 amide bonds. The van der Waals surface area contributed by atoms with Crippen molar-refractivity contribution in [1.82, 2.24) is 4.31 Å². The van der Waals surface area contributed by atoms with Crippen molar-refractivity contribution in [3.05, 3.63) is 28.5 Å². The Morgan fingerprint density at radius 3 is 2.67 bits per heavy atom. The molecule has 0 aromatic heterocycles. The topological polar surface area (TPSA) is 63.7 Å². The highest BCUT2D eigenvalue weighted by Gasteiger charge is 2.40. The van der Waals surface area contributed by atoms with Crippen molar-refractivity contribution in [2.24, 2.45) is 0 Å². The van der Waals surface area contributed by atoms with Crippen LogP contribution >= 0.6 is 15.9 Å². The van der Waals surface area contributed by atoms with Gasteiger partial charge >= 0.3 is 5.97 Å². The number of hydrogen-bond acceptors (Lipinski definition) is 4. The van der Waals surface area contributed by atoms with Crippen LogP contribution < -0.4 is 0 Å². The first kappa shape index (κ1) is 16.4. The summed E-state index contributed by atoms with van der Waals surface area (Å²) >= 11 is 3.08. The predicted molar refractivity (Wildman–Crippen MR) is 77.6 cm³/mol. The Labute approximate surface area is 131 Å². The van der Waals surface area contributed by atoms with Crippen LogP contribution in [-0.4, -0.2) is 37.9 Å². The van der Waals surface area contributed by atoms with Crippen LogP contribution in [0.4, 0.5) is 4.39 Å². The van der Waals surface area contributed by atoms with E-state index in [0.717, 1.165) is 10.4 Å². The molecule has 116 valence electrons. The molecule has 5 nitrogen and oxygen atoms in total. The van der Waals surface area contributed by atoms with Crippen LogP contribution in [0, 0.1) is 5.82 Å². The largest absolute Gasteiger partial charge is 0.465 e. The summed E-state index contributed by atoms with van der Waals surface area (Å²) in [4.78, 5) is 11.1. The highest BCUT2D eigenvalue weighted by molar-refractivity contribution is 9.10. The molecule has 0 spiro atoms. The molecule has 1 aromatic carbocycles. The van der Waals surface area contributed by atoms with Crippen molar-refractivity contribution in [3.63, 3.8) is 0 Å². The van der Waals surface area contributed by atoms with Crippen molar-refractivity contribution < 1.29 is 22.3 Å². The van der Waals surface area contributed by atoms with E-state index in [1.165, 1.54) is 12.1 Å². The Hall–Kier alpha value is -0.990. The van der Waals surface area contributed by atoms with Gasteiger partial charge in [0.25, 0.3) is 0 Å². The molecule has 1 fully saturated rings. The van der Waals surface area contributed by atoms with Crippen molar-refractivity contribution in [1.29, 1.82) is 0 Å². The van der Waals surface area contributed by atoms with E-state index >= 15 is 0 Å². The van der Waals surface area contributed by atoms with Crippen molar-refractivity contribution in [2.75, 3.05) is 13.2 Å². The zero-order valence-electron chi connectivity index (χ0n) is 11.4. The van der Waals surface area contributed by atoms with Crippen LogP contribution in [0.5, 0.6) is 0 Å². The maximum Gasteiger partial charge on any atom is 0.321 e. The number of halogens is 2. The molecule has 21 heavy (non-hydrogen) atoms. The molecular formula is C13H15BrFNO4S. The average Bonchev–Trinajstić information content (AvgIpc) is 3.19. The Balaban J connectivity index is 2.31. The summed E-state index contributed by atoms with van der Waals surface area (Å²) in [5.74, 6) is -1.48. The smallest absolute Gasteiger partial charge is 0.321 e. The highest BCUT2D eigenvalue weighted by atomic mass is 79.9. The number of hydrogen-bond donors (Lipinski definition) is 0. The summed E-state index contributed by atoms with van der Waals surface area (Å²) in [7, 11) is -4.06. The van der Waals surface area contributed by atoms with E-state index in [-0.39, 0.29) is 12.6 Å². The van der Waals surface area contributed by atoms with Crippen molar-refractivity contribution in [2.45, 2.75) is 30.7 Å². The third kappa shape index (κ3) is 3.81. The summed E-state index contributed by atoms with van der Waals surface area (Å²) in [6.45, 7) is 1.42. The van der Waals surface area contributed by atoms with Crippen LogP contribution in [0.2, 0.25) is 0 Å². The second-order valence-electron chi connectivity index (χ2n) is 4.66. The van der Waals surface area contributed by atoms with Gasteiger partial charge in [-0.2, -0.15) is 4.31 Å². The third-order valence-corrected chi connectivity index (χ3v) is 5.45. The molecule has 2 rings (SSSR count). The number of esters is 1. The lowest BCUT2D eigenvalue weighted by Gasteiger charge is -2.21. The molecule has 0 unspecified atom stereocenters. The quantitative estimate of drug-likeness (QED) is 0.711. The van der Waals surface area contributed by atoms with Gasteiger partial charge in [-0.25, -0.2) is 12.8 Å². The van der Waals surface area contributed by atoms with E-state index < -0.39 is 33.3 Å². The van der Waals surface area contributed by atoms with Gasteiger partial charge in [-0.1, -0.05) is 15.9 Å². The van der Waals surface area contributed by atoms with Gasteiger partial charge < -0.3 is 4.74 Å². The highest BCUT2D eigenvalue weighted by Crippen LogP contribution is 2.33. The summed E-state index contributed by atoms with van der Waals surface area (Å²) in [5, 5.41) is 0.